The van der Waals surface area contributed by atoms with Gasteiger partial charge in [-0.2, -0.15) is 0 Å². The molecule has 366 valence electrons. The minimum absolute atomic E-state index is 0.0193. The molecule has 4 rings (SSSR count). The minimum Gasteiger partial charge on any atom is -0.460 e. The van der Waals surface area contributed by atoms with Gasteiger partial charge in [-0.05, 0) is 107 Å². The lowest BCUT2D eigenvalue weighted by Gasteiger charge is -2.42. The number of ether oxygens (including phenoxy) is 5. The summed E-state index contributed by atoms with van der Waals surface area (Å²) in [5, 5.41) is 33.8. The molecule has 0 spiro atoms. The summed E-state index contributed by atoms with van der Waals surface area (Å²) in [5.41, 5.74) is 1.27. The molecule has 4 aliphatic rings. The molecule has 1 aliphatic carbocycles. The van der Waals surface area contributed by atoms with E-state index in [1.54, 1.807) is 41.1 Å². The van der Waals surface area contributed by atoms with Crippen LogP contribution in [0.2, 0.25) is 0 Å². The Hall–Kier alpha value is -3.37. The maximum Gasteiger partial charge on any atom is 0.329 e. The molecule has 3 fully saturated rings. The quantitative estimate of drug-likeness (QED) is 0.156. The van der Waals surface area contributed by atoms with E-state index in [0.717, 1.165) is 12.0 Å². The number of aliphatic hydroxyl groups excluding tert-OH is 2. The number of rotatable bonds is 6. The highest BCUT2D eigenvalue weighted by atomic mass is 16.6. The third kappa shape index (κ3) is 14.3. The standard InChI is InChI=1S/C51H79NO13/c1-30-16-12-11-13-17-31(2)42(61-8)28-38-21-19-36(7)51(60,65-38)48(57)49(58)52-23-15-14-18-39(52)50(59)64-43(33(4)26-37-20-22-40(53)44(27-37)62-9)29-41(54)32(3)25-35(6)46(56)47(63-10)45(55)34(5)24-30/h11-13,16-17,25,30,32-34,36-40,42-44,46-47,53,56,60H,14-15,18-24,26-29H2,1-10H3/b13-11+,16-12+,31-17+,35-25+/t30-,32-,33-,34-,36-,37?,38+,39+,40-,42+,43?,44-,46+,47+,51-/m1/s1. The minimum atomic E-state index is -2.43. The van der Waals surface area contributed by atoms with E-state index in [1.807, 2.05) is 58.1 Å². The van der Waals surface area contributed by atoms with Gasteiger partial charge in [-0.25, -0.2) is 4.79 Å². The maximum atomic E-state index is 14.4. The van der Waals surface area contributed by atoms with Gasteiger partial charge < -0.3 is 43.9 Å². The number of carbonyl (C=O) groups is 5. The van der Waals surface area contributed by atoms with E-state index < -0.39 is 83.9 Å². The average molecular weight is 914 g/mol. The summed E-state index contributed by atoms with van der Waals surface area (Å²) >= 11 is 0. The Bertz CT molecular complexity index is 1760. The predicted molar refractivity (Wildman–Crippen MR) is 245 cm³/mol. The van der Waals surface area contributed by atoms with Crippen molar-refractivity contribution in [2.24, 2.45) is 35.5 Å². The van der Waals surface area contributed by atoms with Gasteiger partial charge in [0.25, 0.3) is 11.7 Å². The fraction of sp³-hybridized carbons (Fsp3) is 0.745. The molecule has 0 radical (unpaired) electrons. The van der Waals surface area contributed by atoms with Crippen molar-refractivity contribution in [2.45, 2.75) is 180 Å². The number of cyclic esters (lactones) is 1. The number of Topliss-reactive ketones (excluding diaryl/α,β-unsaturated/α-hetero) is 3. The van der Waals surface area contributed by atoms with E-state index in [2.05, 4.69) is 0 Å². The highest BCUT2D eigenvalue weighted by Gasteiger charge is 2.53. The van der Waals surface area contributed by atoms with Crippen LogP contribution in [0.25, 0.3) is 0 Å². The maximum absolute atomic E-state index is 14.4. The Morgan fingerprint density at radius 2 is 1.57 bits per heavy atom. The molecule has 65 heavy (non-hydrogen) atoms. The lowest BCUT2D eigenvalue weighted by molar-refractivity contribution is -0.265. The van der Waals surface area contributed by atoms with Crippen LogP contribution in [0.5, 0.6) is 0 Å². The third-order valence-corrected chi connectivity index (χ3v) is 14.5. The Morgan fingerprint density at radius 1 is 0.846 bits per heavy atom. The van der Waals surface area contributed by atoms with Crippen molar-refractivity contribution in [2.75, 3.05) is 27.9 Å². The zero-order valence-corrected chi connectivity index (χ0v) is 40.6. The van der Waals surface area contributed by atoms with Crippen LogP contribution in [-0.2, 0) is 47.7 Å². The Morgan fingerprint density at radius 3 is 2.25 bits per heavy atom. The third-order valence-electron chi connectivity index (χ3n) is 14.5. The molecule has 14 nitrogen and oxygen atoms in total. The number of hydrogen-bond donors (Lipinski definition) is 3. The monoisotopic (exact) mass is 914 g/mol. The highest BCUT2D eigenvalue weighted by molar-refractivity contribution is 6.39. The molecular formula is C51H79NO13. The van der Waals surface area contributed by atoms with Gasteiger partial charge in [-0.1, -0.05) is 71.1 Å². The van der Waals surface area contributed by atoms with Crippen LogP contribution >= 0.6 is 0 Å². The van der Waals surface area contributed by atoms with Crippen LogP contribution in [0.15, 0.2) is 47.6 Å². The van der Waals surface area contributed by atoms with Crippen LogP contribution in [0, 0.1) is 35.5 Å². The van der Waals surface area contributed by atoms with E-state index >= 15 is 0 Å². The van der Waals surface area contributed by atoms with E-state index in [-0.39, 0.29) is 54.8 Å². The van der Waals surface area contributed by atoms with Crippen molar-refractivity contribution in [3.8, 4) is 0 Å². The molecule has 2 bridgehead atoms. The summed E-state index contributed by atoms with van der Waals surface area (Å²) in [4.78, 5) is 71.8. The van der Waals surface area contributed by atoms with Gasteiger partial charge in [0, 0.05) is 58.5 Å². The number of piperidine rings is 1. The van der Waals surface area contributed by atoms with Gasteiger partial charge in [-0.15, -0.1) is 0 Å². The molecule has 2 saturated heterocycles. The molecule has 1 amide bonds. The number of carbonyl (C=O) groups excluding carboxylic acids is 5. The van der Waals surface area contributed by atoms with Gasteiger partial charge in [-0.3, -0.25) is 19.2 Å². The Kier molecular flexibility index (Phi) is 21.0. The number of methoxy groups -OCH3 is 3. The fourth-order valence-electron chi connectivity index (χ4n) is 10.1. The molecule has 0 aromatic heterocycles. The SMILES string of the molecule is CO[C@H]1C[C@@H]2CC[C@@H](C)[C@@](O)(O2)C(=O)C(=O)N2CCCC[C@H]2C(=O)OC([C@H](C)CC2CC[C@@H](O)[C@H](OC)C2)CC(=O)[C@H](C)/C=C(\C)[C@H](O)[C@@H](OC)C(=O)[C@H](C)C[C@H](C)/C=C/C=C/C=C/1C. The highest BCUT2D eigenvalue weighted by Crippen LogP contribution is 2.38. The van der Waals surface area contributed by atoms with Gasteiger partial charge >= 0.3 is 5.97 Å². The summed E-state index contributed by atoms with van der Waals surface area (Å²) in [7, 11) is 4.52. The molecule has 15 atom stereocenters. The number of amides is 1. The van der Waals surface area contributed by atoms with Crippen LogP contribution in [0.3, 0.4) is 0 Å². The first kappa shape index (κ1) is 54.2. The predicted octanol–water partition coefficient (Wildman–Crippen LogP) is 6.18. The van der Waals surface area contributed by atoms with Crippen LogP contribution in [0.4, 0.5) is 0 Å². The topological polar surface area (TPSA) is 195 Å². The number of allylic oxidation sites excluding steroid dienone is 6. The second-order valence-electron chi connectivity index (χ2n) is 19.6. The first-order valence-corrected chi connectivity index (χ1v) is 23.9. The lowest BCUT2D eigenvalue weighted by atomic mass is 9.78. The molecule has 0 aromatic carbocycles. The first-order valence-electron chi connectivity index (χ1n) is 23.9. The van der Waals surface area contributed by atoms with Crippen molar-refractivity contribution >= 4 is 29.2 Å². The average Bonchev–Trinajstić information content (AvgIpc) is 3.28. The smallest absolute Gasteiger partial charge is 0.329 e. The van der Waals surface area contributed by atoms with Gasteiger partial charge in [0.15, 0.2) is 5.78 Å². The molecule has 0 aromatic rings. The van der Waals surface area contributed by atoms with Crippen molar-refractivity contribution in [1.29, 1.82) is 0 Å². The molecule has 3 aliphatic heterocycles. The summed E-state index contributed by atoms with van der Waals surface area (Å²) in [5.74, 6) is -7.96. The zero-order chi connectivity index (χ0) is 48.2. The van der Waals surface area contributed by atoms with E-state index in [0.29, 0.717) is 63.4 Å². The molecular weight excluding hydrogens is 835 g/mol. The summed E-state index contributed by atoms with van der Waals surface area (Å²) < 4.78 is 29.4. The second-order valence-corrected chi connectivity index (χ2v) is 19.6. The number of aliphatic hydroxyl groups is 3. The van der Waals surface area contributed by atoms with E-state index in [1.165, 1.54) is 12.0 Å². The molecule has 14 heteroatoms. The van der Waals surface area contributed by atoms with Crippen molar-refractivity contribution in [3.63, 3.8) is 0 Å². The largest absolute Gasteiger partial charge is 0.460 e. The lowest BCUT2D eigenvalue weighted by Crippen LogP contribution is -2.61. The van der Waals surface area contributed by atoms with Gasteiger partial charge in [0.2, 0.25) is 5.79 Å². The van der Waals surface area contributed by atoms with Crippen molar-refractivity contribution < 1.29 is 63.0 Å². The van der Waals surface area contributed by atoms with E-state index in [9.17, 15) is 39.3 Å². The number of hydrogen-bond acceptors (Lipinski definition) is 13. The van der Waals surface area contributed by atoms with Gasteiger partial charge in [0.1, 0.15) is 30.1 Å². The van der Waals surface area contributed by atoms with Crippen LogP contribution in [0.1, 0.15) is 126 Å². The summed E-state index contributed by atoms with van der Waals surface area (Å²) in [6.45, 7) is 12.7. The van der Waals surface area contributed by atoms with Crippen molar-refractivity contribution in [3.05, 3.63) is 47.6 Å². The normalized spacial score (nSPS) is 40.4. The summed E-state index contributed by atoms with van der Waals surface area (Å²) in [6, 6.07) is -1.14. The van der Waals surface area contributed by atoms with Crippen LogP contribution in [-0.4, -0.2) is 132 Å². The Labute approximate surface area is 387 Å². The number of esters is 1. The molecule has 3 N–H and O–H groups in total. The first-order chi connectivity index (χ1) is 30.7. The second kappa shape index (κ2) is 25.1. The number of nitrogens with zero attached hydrogens (tertiary/aromatic N) is 1. The summed E-state index contributed by atoms with van der Waals surface area (Å²) in [6.07, 6.45) is 11.2. The molecule has 1 saturated carbocycles. The van der Waals surface area contributed by atoms with Gasteiger partial charge in [0.05, 0.1) is 24.4 Å². The van der Waals surface area contributed by atoms with Crippen molar-refractivity contribution in [1.82, 2.24) is 4.90 Å². The molecule has 2 unspecified atom stereocenters. The van der Waals surface area contributed by atoms with E-state index in [4.69, 9.17) is 23.7 Å². The Balaban J connectivity index is 1.70. The number of fused-ring (bicyclic) bond motifs is 3. The number of ketones is 3. The molecule has 3 heterocycles. The van der Waals surface area contributed by atoms with Crippen LogP contribution < -0.4 is 0 Å². The fourth-order valence-corrected chi connectivity index (χ4v) is 10.1. The zero-order valence-electron chi connectivity index (χ0n) is 40.6.